The van der Waals surface area contributed by atoms with Crippen molar-refractivity contribution < 1.29 is 4.79 Å². The highest BCUT2D eigenvalue weighted by molar-refractivity contribution is 5.76. The Morgan fingerprint density at radius 2 is 2.00 bits per heavy atom. The van der Waals surface area contributed by atoms with Crippen molar-refractivity contribution >= 4 is 5.91 Å². The molecule has 3 N–H and O–H groups in total. The zero-order valence-electron chi connectivity index (χ0n) is 7.71. The summed E-state index contributed by atoms with van der Waals surface area (Å²) in [5.74, 6) is -0.240. The number of nitrogens with one attached hydrogen (secondary N) is 1. The average Bonchev–Trinajstić information content (AvgIpc) is 1.97. The summed E-state index contributed by atoms with van der Waals surface area (Å²) >= 11 is 0. The van der Waals surface area contributed by atoms with Gasteiger partial charge in [-0.2, -0.15) is 0 Å². The monoisotopic (exact) mass is 171 g/mol. The van der Waals surface area contributed by atoms with Crippen molar-refractivity contribution in [3.05, 3.63) is 0 Å². The predicted molar refractivity (Wildman–Crippen MR) is 47.7 cm³/mol. The van der Waals surface area contributed by atoms with Crippen LogP contribution in [0.4, 0.5) is 0 Å². The van der Waals surface area contributed by atoms with Gasteiger partial charge in [-0.1, -0.05) is 0 Å². The molecule has 1 heterocycles. The molecule has 1 aliphatic heterocycles. The van der Waals surface area contributed by atoms with E-state index in [1.54, 1.807) is 0 Å². The molecule has 1 fully saturated rings. The number of primary amides is 1. The van der Waals surface area contributed by atoms with Gasteiger partial charge in [0.1, 0.15) is 0 Å². The SMILES string of the molecule is C[C@@H]1CNC[C@H](C)N1CC(N)=O. The Morgan fingerprint density at radius 1 is 1.50 bits per heavy atom. The van der Waals surface area contributed by atoms with E-state index in [2.05, 4.69) is 24.1 Å². The molecular formula is C8H17N3O. The minimum atomic E-state index is -0.240. The molecule has 0 aromatic heterocycles. The molecule has 2 atom stereocenters. The van der Waals surface area contributed by atoms with E-state index in [4.69, 9.17) is 5.73 Å². The second-order valence-electron chi connectivity index (χ2n) is 3.49. The van der Waals surface area contributed by atoms with E-state index in [1.165, 1.54) is 0 Å². The van der Waals surface area contributed by atoms with E-state index in [9.17, 15) is 4.79 Å². The normalized spacial score (nSPS) is 31.8. The van der Waals surface area contributed by atoms with Crippen molar-refractivity contribution in [1.82, 2.24) is 10.2 Å². The smallest absolute Gasteiger partial charge is 0.231 e. The summed E-state index contributed by atoms with van der Waals surface area (Å²) in [6, 6.07) is 0.808. The molecule has 1 saturated heterocycles. The first kappa shape index (κ1) is 9.48. The Labute approximate surface area is 73.1 Å². The summed E-state index contributed by atoms with van der Waals surface area (Å²) in [4.78, 5) is 12.9. The van der Waals surface area contributed by atoms with Crippen LogP contribution in [0, 0.1) is 0 Å². The van der Waals surface area contributed by atoms with Gasteiger partial charge in [-0.15, -0.1) is 0 Å². The lowest BCUT2D eigenvalue weighted by molar-refractivity contribution is -0.120. The molecular weight excluding hydrogens is 154 g/mol. The van der Waals surface area contributed by atoms with Crippen molar-refractivity contribution in [3.8, 4) is 0 Å². The summed E-state index contributed by atoms with van der Waals surface area (Å²) in [6.45, 7) is 6.47. The van der Waals surface area contributed by atoms with E-state index in [0.717, 1.165) is 13.1 Å². The summed E-state index contributed by atoms with van der Waals surface area (Å²) in [7, 11) is 0. The van der Waals surface area contributed by atoms with Gasteiger partial charge in [-0.25, -0.2) is 0 Å². The number of nitrogens with zero attached hydrogens (tertiary/aromatic N) is 1. The van der Waals surface area contributed by atoms with Crippen LogP contribution in [0.3, 0.4) is 0 Å². The number of carbonyl (C=O) groups is 1. The quantitative estimate of drug-likeness (QED) is 0.569. The van der Waals surface area contributed by atoms with Gasteiger partial charge < -0.3 is 11.1 Å². The molecule has 0 spiro atoms. The summed E-state index contributed by atoms with van der Waals surface area (Å²) in [6.07, 6.45) is 0. The second kappa shape index (κ2) is 3.87. The molecule has 70 valence electrons. The van der Waals surface area contributed by atoms with Crippen LogP contribution in [0.5, 0.6) is 0 Å². The van der Waals surface area contributed by atoms with E-state index in [0.29, 0.717) is 18.6 Å². The molecule has 0 radical (unpaired) electrons. The molecule has 1 rings (SSSR count). The van der Waals surface area contributed by atoms with Gasteiger partial charge in [-0.05, 0) is 13.8 Å². The van der Waals surface area contributed by atoms with Gasteiger partial charge >= 0.3 is 0 Å². The van der Waals surface area contributed by atoms with Crippen LogP contribution < -0.4 is 11.1 Å². The van der Waals surface area contributed by atoms with Crippen LogP contribution in [-0.4, -0.2) is 42.5 Å². The fourth-order valence-electron chi connectivity index (χ4n) is 1.66. The maximum atomic E-state index is 10.7. The molecule has 4 nitrogen and oxygen atoms in total. The largest absolute Gasteiger partial charge is 0.369 e. The standard InChI is InChI=1S/C8H17N3O/c1-6-3-10-4-7(2)11(6)5-8(9)12/h6-7,10H,3-5H2,1-2H3,(H2,9,12)/t6-,7+. The zero-order chi connectivity index (χ0) is 9.14. The average molecular weight is 171 g/mol. The van der Waals surface area contributed by atoms with Crippen molar-refractivity contribution in [1.29, 1.82) is 0 Å². The first-order chi connectivity index (χ1) is 5.61. The molecule has 0 saturated carbocycles. The van der Waals surface area contributed by atoms with Crippen LogP contribution in [0.1, 0.15) is 13.8 Å². The molecule has 12 heavy (non-hydrogen) atoms. The minimum Gasteiger partial charge on any atom is -0.369 e. The van der Waals surface area contributed by atoms with E-state index in [1.807, 2.05) is 0 Å². The van der Waals surface area contributed by atoms with Gasteiger partial charge in [0.15, 0.2) is 0 Å². The van der Waals surface area contributed by atoms with E-state index >= 15 is 0 Å². The van der Waals surface area contributed by atoms with Crippen molar-refractivity contribution in [2.45, 2.75) is 25.9 Å². The molecule has 1 aliphatic rings. The summed E-state index contributed by atoms with van der Waals surface area (Å²) in [5.41, 5.74) is 5.15. The van der Waals surface area contributed by atoms with Crippen LogP contribution in [0.2, 0.25) is 0 Å². The van der Waals surface area contributed by atoms with E-state index in [-0.39, 0.29) is 5.91 Å². The molecule has 1 amide bonds. The highest BCUT2D eigenvalue weighted by Crippen LogP contribution is 2.07. The number of amides is 1. The molecule has 0 unspecified atom stereocenters. The number of hydrogen-bond donors (Lipinski definition) is 2. The number of hydrogen-bond acceptors (Lipinski definition) is 3. The molecule has 0 aromatic carbocycles. The summed E-state index contributed by atoms with van der Waals surface area (Å²) in [5, 5.41) is 3.29. The third-order valence-electron chi connectivity index (χ3n) is 2.35. The van der Waals surface area contributed by atoms with Gasteiger partial charge in [-0.3, -0.25) is 9.69 Å². The van der Waals surface area contributed by atoms with Crippen molar-refractivity contribution in [2.24, 2.45) is 5.73 Å². The first-order valence-electron chi connectivity index (χ1n) is 4.36. The van der Waals surface area contributed by atoms with Gasteiger partial charge in [0.05, 0.1) is 6.54 Å². The summed E-state index contributed by atoms with van der Waals surface area (Å²) < 4.78 is 0. The molecule has 0 bridgehead atoms. The zero-order valence-corrected chi connectivity index (χ0v) is 7.71. The maximum Gasteiger partial charge on any atom is 0.231 e. The second-order valence-corrected chi connectivity index (χ2v) is 3.49. The Morgan fingerprint density at radius 3 is 2.42 bits per heavy atom. The van der Waals surface area contributed by atoms with Crippen LogP contribution in [0.25, 0.3) is 0 Å². The lowest BCUT2D eigenvalue weighted by Gasteiger charge is -2.38. The highest BCUT2D eigenvalue weighted by atomic mass is 16.1. The number of rotatable bonds is 2. The van der Waals surface area contributed by atoms with Crippen molar-refractivity contribution in [3.63, 3.8) is 0 Å². The van der Waals surface area contributed by atoms with Gasteiger partial charge in [0.25, 0.3) is 0 Å². The third-order valence-corrected chi connectivity index (χ3v) is 2.35. The van der Waals surface area contributed by atoms with Crippen LogP contribution in [0.15, 0.2) is 0 Å². The fourth-order valence-corrected chi connectivity index (χ4v) is 1.66. The van der Waals surface area contributed by atoms with Gasteiger partial charge in [0.2, 0.25) is 5.91 Å². The highest BCUT2D eigenvalue weighted by Gasteiger charge is 2.24. The Hall–Kier alpha value is -0.610. The van der Waals surface area contributed by atoms with E-state index < -0.39 is 0 Å². The van der Waals surface area contributed by atoms with Crippen LogP contribution in [-0.2, 0) is 4.79 Å². The fraction of sp³-hybridized carbons (Fsp3) is 0.875. The third kappa shape index (κ3) is 2.19. The Balaban J connectivity index is 2.50. The molecule has 0 aliphatic carbocycles. The first-order valence-corrected chi connectivity index (χ1v) is 4.36. The lowest BCUT2D eigenvalue weighted by atomic mass is 10.1. The predicted octanol–water partition coefficient (Wildman–Crippen LogP) is -0.846. The number of carbonyl (C=O) groups excluding carboxylic acids is 1. The Bertz CT molecular complexity index is 162. The minimum absolute atomic E-state index is 0.240. The van der Waals surface area contributed by atoms with Gasteiger partial charge in [0, 0.05) is 25.2 Å². The lowest BCUT2D eigenvalue weighted by Crippen LogP contribution is -2.56. The number of nitrogens with two attached hydrogens (primary N) is 1. The van der Waals surface area contributed by atoms with Crippen LogP contribution >= 0.6 is 0 Å². The maximum absolute atomic E-state index is 10.7. The molecule has 0 aromatic rings. The Kier molecular flexibility index (Phi) is 3.05. The topological polar surface area (TPSA) is 58.4 Å². The molecule has 4 heteroatoms. The van der Waals surface area contributed by atoms with Crippen molar-refractivity contribution in [2.75, 3.05) is 19.6 Å². The number of piperazine rings is 1.